The first-order valence-corrected chi connectivity index (χ1v) is 8.29. The van der Waals surface area contributed by atoms with E-state index in [1.165, 1.54) is 22.3 Å². The van der Waals surface area contributed by atoms with E-state index in [4.69, 9.17) is 5.73 Å². The third-order valence-corrected chi connectivity index (χ3v) is 4.47. The van der Waals surface area contributed by atoms with Crippen LogP contribution in [0.5, 0.6) is 0 Å². The van der Waals surface area contributed by atoms with Crippen molar-refractivity contribution in [3.63, 3.8) is 0 Å². The Morgan fingerprint density at radius 3 is 2.23 bits per heavy atom. The third-order valence-electron chi connectivity index (χ3n) is 4.47. The molecule has 0 radical (unpaired) electrons. The fourth-order valence-corrected chi connectivity index (χ4v) is 3.27. The predicted octanol–water partition coefficient (Wildman–Crippen LogP) is 4.00. The van der Waals surface area contributed by atoms with E-state index < -0.39 is 6.03 Å². The summed E-state index contributed by atoms with van der Waals surface area (Å²) >= 11 is 0. The lowest BCUT2D eigenvalue weighted by Gasteiger charge is -2.08. The van der Waals surface area contributed by atoms with Crippen molar-refractivity contribution >= 4 is 23.3 Å². The molecule has 3 aromatic rings. The van der Waals surface area contributed by atoms with Gasteiger partial charge in [-0.15, -0.1) is 0 Å². The van der Waals surface area contributed by atoms with Gasteiger partial charge in [-0.3, -0.25) is 4.79 Å². The maximum atomic E-state index is 12.4. The van der Waals surface area contributed by atoms with Crippen molar-refractivity contribution in [2.24, 2.45) is 5.73 Å². The molecule has 0 bridgehead atoms. The molecule has 0 fully saturated rings. The molecule has 0 aliphatic heterocycles. The molecule has 0 atom stereocenters. The van der Waals surface area contributed by atoms with Crippen LogP contribution in [0.1, 0.15) is 21.5 Å². The quantitative estimate of drug-likeness (QED) is 0.525. The Hall–Kier alpha value is -3.60. The topological polar surface area (TPSA) is 84.2 Å². The first kappa shape index (κ1) is 15.9. The van der Waals surface area contributed by atoms with Gasteiger partial charge in [-0.05, 0) is 65.1 Å². The molecule has 3 amide bonds. The van der Waals surface area contributed by atoms with Gasteiger partial charge in [0.15, 0.2) is 0 Å². The molecule has 3 aromatic carbocycles. The highest BCUT2D eigenvalue weighted by Gasteiger charge is 2.18. The Bertz CT molecular complexity index is 1010. The first-order chi connectivity index (χ1) is 12.6. The van der Waals surface area contributed by atoms with Crippen LogP contribution in [0.15, 0.2) is 66.7 Å². The molecule has 0 heterocycles. The maximum Gasteiger partial charge on any atom is 0.316 e. The van der Waals surface area contributed by atoms with Crippen LogP contribution < -0.4 is 16.4 Å². The van der Waals surface area contributed by atoms with Crippen molar-refractivity contribution < 1.29 is 9.59 Å². The highest BCUT2D eigenvalue weighted by molar-refractivity contribution is 6.05. The molecule has 26 heavy (non-hydrogen) atoms. The summed E-state index contributed by atoms with van der Waals surface area (Å²) in [6, 6.07) is 20.3. The van der Waals surface area contributed by atoms with Gasteiger partial charge in [0.2, 0.25) is 0 Å². The summed E-state index contributed by atoms with van der Waals surface area (Å²) in [4.78, 5) is 23.3. The van der Waals surface area contributed by atoms with Crippen molar-refractivity contribution in [1.82, 2.24) is 0 Å². The Balaban J connectivity index is 1.50. The van der Waals surface area contributed by atoms with Crippen LogP contribution in [0.3, 0.4) is 0 Å². The van der Waals surface area contributed by atoms with E-state index in [0.717, 1.165) is 12.1 Å². The molecule has 4 rings (SSSR count). The van der Waals surface area contributed by atoms with E-state index in [0.29, 0.717) is 11.3 Å². The van der Waals surface area contributed by atoms with Crippen molar-refractivity contribution in [1.29, 1.82) is 0 Å². The van der Waals surface area contributed by atoms with Gasteiger partial charge in [0.05, 0.1) is 0 Å². The number of urea groups is 1. The lowest BCUT2D eigenvalue weighted by Crippen LogP contribution is -2.19. The number of fused-ring (bicyclic) bond motifs is 3. The molecule has 0 unspecified atom stereocenters. The summed E-state index contributed by atoms with van der Waals surface area (Å²) in [6.45, 7) is 0. The summed E-state index contributed by atoms with van der Waals surface area (Å²) < 4.78 is 0. The van der Waals surface area contributed by atoms with Gasteiger partial charge in [-0.1, -0.05) is 30.3 Å². The van der Waals surface area contributed by atoms with Gasteiger partial charge >= 0.3 is 6.03 Å². The smallest absolute Gasteiger partial charge is 0.316 e. The summed E-state index contributed by atoms with van der Waals surface area (Å²) in [5.74, 6) is -0.203. The molecule has 1 aliphatic rings. The second kappa shape index (κ2) is 6.37. The van der Waals surface area contributed by atoms with Crippen LogP contribution in [0.2, 0.25) is 0 Å². The van der Waals surface area contributed by atoms with Gasteiger partial charge in [0.1, 0.15) is 0 Å². The molecule has 0 saturated heterocycles. The van der Waals surface area contributed by atoms with Crippen molar-refractivity contribution in [2.75, 3.05) is 10.6 Å². The van der Waals surface area contributed by atoms with Crippen molar-refractivity contribution in [3.05, 3.63) is 83.4 Å². The van der Waals surface area contributed by atoms with E-state index in [1.54, 1.807) is 24.3 Å². The summed E-state index contributed by atoms with van der Waals surface area (Å²) in [5.41, 5.74) is 11.9. The number of amides is 3. The van der Waals surface area contributed by atoms with Crippen molar-refractivity contribution in [3.8, 4) is 11.1 Å². The molecule has 0 saturated carbocycles. The maximum absolute atomic E-state index is 12.4. The normalized spacial score (nSPS) is 11.4. The summed E-state index contributed by atoms with van der Waals surface area (Å²) in [7, 11) is 0. The Labute approximate surface area is 150 Å². The summed E-state index contributed by atoms with van der Waals surface area (Å²) in [6.07, 6.45) is 0.878. The third kappa shape index (κ3) is 3.02. The highest BCUT2D eigenvalue weighted by Crippen LogP contribution is 2.37. The number of hydrogen-bond acceptors (Lipinski definition) is 2. The largest absolute Gasteiger partial charge is 0.351 e. The first-order valence-electron chi connectivity index (χ1n) is 8.29. The second-order valence-corrected chi connectivity index (χ2v) is 6.23. The SMILES string of the molecule is NC(=O)Nc1ccc(C(=O)Nc2ccc3c(c2)Cc2ccccc2-3)cc1. The minimum Gasteiger partial charge on any atom is -0.351 e. The van der Waals surface area contributed by atoms with Crippen LogP contribution in [0, 0.1) is 0 Å². The highest BCUT2D eigenvalue weighted by atomic mass is 16.2. The number of carbonyl (C=O) groups is 2. The number of primary amides is 1. The van der Waals surface area contributed by atoms with Crippen LogP contribution >= 0.6 is 0 Å². The van der Waals surface area contributed by atoms with Gasteiger partial charge in [0, 0.05) is 16.9 Å². The Morgan fingerprint density at radius 2 is 1.46 bits per heavy atom. The average molecular weight is 343 g/mol. The number of nitrogens with one attached hydrogen (secondary N) is 2. The fraction of sp³-hybridized carbons (Fsp3) is 0.0476. The van der Waals surface area contributed by atoms with E-state index in [2.05, 4.69) is 28.8 Å². The molecule has 5 heteroatoms. The zero-order chi connectivity index (χ0) is 18.1. The van der Waals surface area contributed by atoms with Crippen LogP contribution in [0.25, 0.3) is 11.1 Å². The molecule has 0 aromatic heterocycles. The monoisotopic (exact) mass is 343 g/mol. The molecular weight excluding hydrogens is 326 g/mol. The molecular formula is C21H17N3O2. The Kier molecular flexibility index (Phi) is 3.89. The number of anilines is 2. The van der Waals surface area contributed by atoms with Gasteiger partial charge in [-0.25, -0.2) is 4.79 Å². The molecule has 0 spiro atoms. The van der Waals surface area contributed by atoms with E-state index >= 15 is 0 Å². The summed E-state index contributed by atoms with van der Waals surface area (Å²) in [5, 5.41) is 5.39. The van der Waals surface area contributed by atoms with E-state index in [-0.39, 0.29) is 5.91 Å². The Morgan fingerprint density at radius 1 is 0.769 bits per heavy atom. The fourth-order valence-electron chi connectivity index (χ4n) is 3.27. The number of carbonyl (C=O) groups excluding carboxylic acids is 2. The lowest BCUT2D eigenvalue weighted by atomic mass is 10.1. The van der Waals surface area contributed by atoms with Gasteiger partial charge < -0.3 is 16.4 Å². The second-order valence-electron chi connectivity index (χ2n) is 6.23. The minimum absolute atomic E-state index is 0.203. The number of hydrogen-bond donors (Lipinski definition) is 3. The lowest BCUT2D eigenvalue weighted by molar-refractivity contribution is 0.102. The minimum atomic E-state index is -0.638. The number of benzene rings is 3. The zero-order valence-electron chi connectivity index (χ0n) is 14.0. The average Bonchev–Trinajstić information content (AvgIpc) is 2.99. The molecule has 4 N–H and O–H groups in total. The van der Waals surface area contributed by atoms with Gasteiger partial charge in [0.25, 0.3) is 5.91 Å². The van der Waals surface area contributed by atoms with Crippen LogP contribution in [0.4, 0.5) is 16.2 Å². The standard InChI is InChI=1S/C21H17N3O2/c22-21(26)24-16-7-5-13(6-8-16)20(25)23-17-9-10-19-15(12-17)11-14-3-1-2-4-18(14)19/h1-10,12H,11H2,(H,23,25)(H3,22,24,26). The number of rotatable bonds is 3. The molecule has 1 aliphatic carbocycles. The molecule has 5 nitrogen and oxygen atoms in total. The van der Waals surface area contributed by atoms with E-state index in [1.807, 2.05) is 24.3 Å². The molecule has 128 valence electrons. The van der Waals surface area contributed by atoms with E-state index in [9.17, 15) is 9.59 Å². The zero-order valence-corrected chi connectivity index (χ0v) is 14.0. The van der Waals surface area contributed by atoms with Gasteiger partial charge in [-0.2, -0.15) is 0 Å². The van der Waals surface area contributed by atoms with Crippen LogP contribution in [-0.2, 0) is 6.42 Å². The van der Waals surface area contributed by atoms with Crippen LogP contribution in [-0.4, -0.2) is 11.9 Å². The number of nitrogens with two attached hydrogens (primary N) is 1. The predicted molar refractivity (Wildman–Crippen MR) is 102 cm³/mol. The van der Waals surface area contributed by atoms with Crippen molar-refractivity contribution in [2.45, 2.75) is 6.42 Å².